The highest BCUT2D eigenvalue weighted by molar-refractivity contribution is 9.10. The predicted octanol–water partition coefficient (Wildman–Crippen LogP) is 5.53. The molecule has 2 amide bonds. The number of primary amides is 1. The lowest BCUT2D eigenvalue weighted by Crippen LogP contribution is -2.37. The zero-order valence-electron chi connectivity index (χ0n) is 21.3. The van der Waals surface area contributed by atoms with Gasteiger partial charge in [0.2, 0.25) is 11.8 Å². The van der Waals surface area contributed by atoms with Crippen molar-refractivity contribution in [3.05, 3.63) is 81.4 Å². The normalized spacial score (nSPS) is 12.3. The molecule has 2 aromatic heterocycles. The fraction of sp³-hybridized carbons (Fsp3) is 0.240. The van der Waals surface area contributed by atoms with Crippen molar-refractivity contribution in [1.82, 2.24) is 20.0 Å². The first-order valence-corrected chi connectivity index (χ1v) is 12.6. The quantitative estimate of drug-likeness (QED) is 0.209. The molecule has 2 aromatic carbocycles. The van der Waals surface area contributed by atoms with Crippen LogP contribution in [0, 0.1) is 18.6 Å². The van der Waals surface area contributed by atoms with Gasteiger partial charge in [-0.3, -0.25) is 4.79 Å². The van der Waals surface area contributed by atoms with Gasteiger partial charge in [0.1, 0.15) is 17.1 Å². The van der Waals surface area contributed by atoms with Crippen molar-refractivity contribution in [3.8, 4) is 17.0 Å². The minimum Gasteiger partial charge on any atom is -0.476 e. The van der Waals surface area contributed by atoms with Crippen molar-refractivity contribution in [1.29, 1.82) is 0 Å². The molecule has 2 heterocycles. The standard InChI is InChI=1S/C25H19BrF5N5O6/c1-11-33-17(42-35-11)8-9-36(24(38)39)10-16(40-15-7-6-14(27)18(19(15)28)22(32)37)23-34-20(21(26)41-23)12-2-4-13(5-3-12)25(29,30)31/h2-7,16H,8-10H2,1H3,(H2,32,37)(H,38,39). The molecule has 0 spiro atoms. The molecule has 1 atom stereocenters. The molecular formula is C25H19BrF5N5O6. The molecule has 0 aliphatic heterocycles. The molecular weight excluding hydrogens is 641 g/mol. The van der Waals surface area contributed by atoms with Gasteiger partial charge >= 0.3 is 12.3 Å². The molecule has 0 radical (unpaired) electrons. The Hall–Kier alpha value is -4.54. The average molecular weight is 660 g/mol. The maximum atomic E-state index is 15.0. The van der Waals surface area contributed by atoms with Crippen molar-refractivity contribution in [2.45, 2.75) is 25.6 Å². The fourth-order valence-corrected chi connectivity index (χ4v) is 4.24. The SMILES string of the molecule is Cc1noc(CCN(CC(Oc2ccc(F)c(C(N)=O)c2F)c2nc(-c3ccc(C(F)(F)F)cc3)c(Br)o2)C(=O)O)n1. The third-order valence-corrected chi connectivity index (χ3v) is 6.29. The van der Waals surface area contributed by atoms with Gasteiger partial charge in [-0.25, -0.2) is 18.6 Å². The number of hydrogen-bond donors (Lipinski definition) is 2. The molecule has 42 heavy (non-hydrogen) atoms. The van der Waals surface area contributed by atoms with Crippen LogP contribution in [0.25, 0.3) is 11.3 Å². The number of nitrogens with two attached hydrogens (primary N) is 1. The van der Waals surface area contributed by atoms with E-state index in [1.54, 1.807) is 6.92 Å². The Morgan fingerprint density at radius 2 is 1.83 bits per heavy atom. The monoisotopic (exact) mass is 659 g/mol. The maximum Gasteiger partial charge on any atom is 0.416 e. The molecule has 0 fully saturated rings. The average Bonchev–Trinajstić information content (AvgIpc) is 3.51. The number of carbonyl (C=O) groups is 2. The largest absolute Gasteiger partial charge is 0.476 e. The number of aromatic nitrogens is 3. The Balaban J connectivity index is 1.70. The summed E-state index contributed by atoms with van der Waals surface area (Å²) in [6.07, 6.45) is -7.55. The molecule has 0 saturated carbocycles. The Bertz CT molecular complexity index is 1610. The van der Waals surface area contributed by atoms with E-state index in [0.717, 1.165) is 41.3 Å². The Morgan fingerprint density at radius 3 is 2.40 bits per heavy atom. The van der Waals surface area contributed by atoms with Gasteiger partial charge in [0.15, 0.2) is 28.2 Å². The van der Waals surface area contributed by atoms with Crippen molar-refractivity contribution < 1.29 is 50.3 Å². The number of hydrogen-bond acceptors (Lipinski definition) is 8. The van der Waals surface area contributed by atoms with Gasteiger partial charge in [-0.2, -0.15) is 18.2 Å². The lowest BCUT2D eigenvalue weighted by Gasteiger charge is -2.24. The zero-order chi connectivity index (χ0) is 30.8. The van der Waals surface area contributed by atoms with E-state index in [0.29, 0.717) is 5.82 Å². The molecule has 0 aliphatic rings. The summed E-state index contributed by atoms with van der Waals surface area (Å²) < 4.78 is 84.3. The number of carboxylic acid groups (broad SMARTS) is 1. The first-order chi connectivity index (χ1) is 19.7. The lowest BCUT2D eigenvalue weighted by atomic mass is 10.1. The maximum absolute atomic E-state index is 15.0. The third kappa shape index (κ3) is 6.84. The second-order valence-electron chi connectivity index (χ2n) is 8.67. The van der Waals surface area contributed by atoms with Gasteiger partial charge in [-0.1, -0.05) is 17.3 Å². The summed E-state index contributed by atoms with van der Waals surface area (Å²) in [5, 5.41) is 13.4. The van der Waals surface area contributed by atoms with Gasteiger partial charge in [0, 0.05) is 18.5 Å². The van der Waals surface area contributed by atoms with Crippen LogP contribution in [0.3, 0.4) is 0 Å². The number of benzene rings is 2. The van der Waals surface area contributed by atoms with Gasteiger partial charge in [0.25, 0.3) is 5.91 Å². The van der Waals surface area contributed by atoms with Crippen LogP contribution in [0.4, 0.5) is 26.7 Å². The minimum atomic E-state index is -4.58. The number of amides is 2. The van der Waals surface area contributed by atoms with E-state index in [4.69, 9.17) is 19.4 Å². The first kappa shape index (κ1) is 30.4. The van der Waals surface area contributed by atoms with Crippen LogP contribution in [0.5, 0.6) is 5.75 Å². The van der Waals surface area contributed by atoms with Crippen molar-refractivity contribution in [3.63, 3.8) is 0 Å². The van der Waals surface area contributed by atoms with Crippen LogP contribution < -0.4 is 10.5 Å². The van der Waals surface area contributed by atoms with E-state index in [9.17, 15) is 32.3 Å². The molecule has 0 saturated heterocycles. The molecule has 17 heteroatoms. The molecule has 0 aliphatic carbocycles. The van der Waals surface area contributed by atoms with Crippen molar-refractivity contribution in [2.24, 2.45) is 5.73 Å². The molecule has 4 rings (SSSR count). The van der Waals surface area contributed by atoms with Crippen LogP contribution in [-0.2, 0) is 12.6 Å². The topological polar surface area (TPSA) is 158 Å². The van der Waals surface area contributed by atoms with Crippen molar-refractivity contribution in [2.75, 3.05) is 13.1 Å². The number of oxazole rings is 1. The number of alkyl halides is 3. The number of ether oxygens (including phenoxy) is 1. The highest BCUT2D eigenvalue weighted by Gasteiger charge is 2.32. The Morgan fingerprint density at radius 1 is 1.14 bits per heavy atom. The summed E-state index contributed by atoms with van der Waals surface area (Å²) in [5.41, 5.74) is 3.30. The summed E-state index contributed by atoms with van der Waals surface area (Å²) in [5.74, 6) is -4.68. The summed E-state index contributed by atoms with van der Waals surface area (Å²) >= 11 is 3.13. The lowest BCUT2D eigenvalue weighted by molar-refractivity contribution is -0.137. The first-order valence-electron chi connectivity index (χ1n) is 11.8. The van der Waals surface area contributed by atoms with Crippen LogP contribution >= 0.6 is 15.9 Å². The molecule has 11 nitrogen and oxygen atoms in total. The van der Waals surface area contributed by atoms with E-state index in [2.05, 4.69) is 31.1 Å². The highest BCUT2D eigenvalue weighted by Crippen LogP contribution is 2.36. The van der Waals surface area contributed by atoms with Crippen LogP contribution in [0.2, 0.25) is 0 Å². The summed E-state index contributed by atoms with van der Waals surface area (Å²) in [6, 6.07) is 5.51. The fourth-order valence-electron chi connectivity index (χ4n) is 3.76. The summed E-state index contributed by atoms with van der Waals surface area (Å²) in [7, 11) is 0. The van der Waals surface area contributed by atoms with Gasteiger partial charge in [-0.05, 0) is 47.1 Å². The molecule has 4 aromatic rings. The van der Waals surface area contributed by atoms with Crippen LogP contribution in [-0.4, -0.2) is 50.2 Å². The molecule has 0 bridgehead atoms. The molecule has 3 N–H and O–H groups in total. The van der Waals surface area contributed by atoms with E-state index >= 15 is 4.39 Å². The Kier molecular flexibility index (Phi) is 8.79. The van der Waals surface area contributed by atoms with E-state index in [-0.39, 0.29) is 40.7 Å². The molecule has 222 valence electrons. The summed E-state index contributed by atoms with van der Waals surface area (Å²) in [6.45, 7) is 0.811. The highest BCUT2D eigenvalue weighted by atomic mass is 79.9. The van der Waals surface area contributed by atoms with Crippen LogP contribution in [0.15, 0.2) is 50.0 Å². The van der Waals surface area contributed by atoms with Crippen molar-refractivity contribution >= 4 is 27.9 Å². The molecule has 1 unspecified atom stereocenters. The second kappa shape index (κ2) is 12.1. The minimum absolute atomic E-state index is 0.0112. The van der Waals surface area contributed by atoms with E-state index in [1.165, 1.54) is 0 Å². The third-order valence-electron chi connectivity index (χ3n) is 5.76. The number of halogens is 6. The van der Waals surface area contributed by atoms with Gasteiger partial charge in [-0.15, -0.1) is 0 Å². The van der Waals surface area contributed by atoms with Crippen LogP contribution in [0.1, 0.15) is 39.6 Å². The smallest absolute Gasteiger partial charge is 0.416 e. The Labute approximate surface area is 241 Å². The van der Waals surface area contributed by atoms with Gasteiger partial charge < -0.3 is 29.4 Å². The summed E-state index contributed by atoms with van der Waals surface area (Å²) in [4.78, 5) is 32.8. The van der Waals surface area contributed by atoms with E-state index in [1.807, 2.05) is 0 Å². The predicted molar refractivity (Wildman–Crippen MR) is 135 cm³/mol. The van der Waals surface area contributed by atoms with E-state index < -0.39 is 59.3 Å². The number of rotatable bonds is 10. The zero-order valence-corrected chi connectivity index (χ0v) is 22.9. The number of aryl methyl sites for hydroxylation is 1. The van der Waals surface area contributed by atoms with Gasteiger partial charge in [0.05, 0.1) is 12.1 Å². The number of carbonyl (C=O) groups excluding carboxylic acids is 1. The number of nitrogens with zero attached hydrogens (tertiary/aromatic N) is 4. The second-order valence-corrected chi connectivity index (χ2v) is 9.39.